The van der Waals surface area contributed by atoms with Crippen molar-refractivity contribution < 1.29 is 41.9 Å². The third kappa shape index (κ3) is 14.0. The van der Waals surface area contributed by atoms with Crippen molar-refractivity contribution in [2.24, 2.45) is 23.5 Å². The van der Waals surface area contributed by atoms with E-state index in [-0.39, 0.29) is 24.3 Å². The first-order chi connectivity index (χ1) is 20.6. The number of ether oxygens (including phenoxy) is 1. The minimum absolute atomic E-state index is 0.0393. The second-order valence-electron chi connectivity index (χ2n) is 12.1. The van der Waals surface area contributed by atoms with Crippen LogP contribution in [0, 0.1) is 24.7 Å². The van der Waals surface area contributed by atoms with Crippen molar-refractivity contribution in [3.63, 3.8) is 0 Å². The van der Waals surface area contributed by atoms with Crippen LogP contribution in [-0.2, 0) is 30.1 Å². The lowest BCUT2D eigenvalue weighted by atomic mass is 9.87. The molecule has 0 aliphatic carbocycles. The number of benzene rings is 1. The van der Waals surface area contributed by atoms with Crippen LogP contribution in [0.1, 0.15) is 120 Å². The number of unbranched alkanes of at least 4 members (excludes halogenated alkanes) is 6. The molecule has 0 aromatic heterocycles. The molecule has 0 bridgehead atoms. The number of amides is 2. The molecule has 0 aliphatic heterocycles. The number of hydrogen-bond acceptors (Lipinski definition) is 6. The van der Waals surface area contributed by atoms with Crippen molar-refractivity contribution in [1.82, 2.24) is 5.32 Å². The number of alkyl halides is 3. The summed E-state index contributed by atoms with van der Waals surface area (Å²) in [5, 5.41) is 2.62. The maximum atomic E-state index is 13.5. The van der Waals surface area contributed by atoms with E-state index in [0.717, 1.165) is 31.7 Å². The first-order valence-corrected chi connectivity index (χ1v) is 15.6. The van der Waals surface area contributed by atoms with E-state index in [9.17, 15) is 37.1 Å². The number of nitrogens with one attached hydrogen (secondary N) is 1. The Morgan fingerprint density at radius 1 is 0.909 bits per heavy atom. The maximum Gasteiger partial charge on any atom is 0.417 e. The van der Waals surface area contributed by atoms with Crippen molar-refractivity contribution in [2.45, 2.75) is 117 Å². The van der Waals surface area contributed by atoms with Gasteiger partial charge in [0.15, 0.2) is 18.2 Å². The van der Waals surface area contributed by atoms with Crippen molar-refractivity contribution in [2.75, 3.05) is 6.61 Å². The van der Waals surface area contributed by atoms with Crippen LogP contribution in [-0.4, -0.2) is 42.0 Å². The number of hydrogen-bond donors (Lipinski definition) is 2. The summed E-state index contributed by atoms with van der Waals surface area (Å²) in [5.74, 6) is -5.14. The normalized spacial score (nSPS) is 13.7. The average molecular weight is 627 g/mol. The topological polar surface area (TPSA) is 133 Å². The number of esters is 1. The van der Waals surface area contributed by atoms with Crippen LogP contribution in [0.25, 0.3) is 0 Å². The standard InChI is InChI=1S/C33H49F3N2O6/c1-6-7-8-9-10-11-12-14-23(5)31(42)38-26(19-29(37)41)27(39)18-24(17-21(2)3)28(40)20-44-32(43)30-22(4)15-13-16-25(30)33(34,35)36/h13,15-16,21,23-24,26H,6-12,14,17-20H2,1-5H3,(H2,37,41)(H,38,42)/t23?,24-,26?/m1/s1. The van der Waals surface area contributed by atoms with Gasteiger partial charge in [-0.15, -0.1) is 0 Å². The second-order valence-corrected chi connectivity index (χ2v) is 12.1. The first-order valence-electron chi connectivity index (χ1n) is 15.6. The predicted octanol–water partition coefficient (Wildman–Crippen LogP) is 6.50. The van der Waals surface area contributed by atoms with Crippen LogP contribution < -0.4 is 11.1 Å². The number of carbonyl (C=O) groups excluding carboxylic acids is 5. The fourth-order valence-corrected chi connectivity index (χ4v) is 5.08. The van der Waals surface area contributed by atoms with E-state index in [2.05, 4.69) is 12.2 Å². The molecular weight excluding hydrogens is 577 g/mol. The third-order valence-corrected chi connectivity index (χ3v) is 7.59. The predicted molar refractivity (Wildman–Crippen MR) is 162 cm³/mol. The highest BCUT2D eigenvalue weighted by atomic mass is 19.4. The fourth-order valence-electron chi connectivity index (χ4n) is 5.08. The molecule has 0 saturated carbocycles. The Bertz CT molecular complexity index is 1120. The van der Waals surface area contributed by atoms with Crippen LogP contribution in [0.15, 0.2) is 18.2 Å². The molecule has 0 fully saturated rings. The van der Waals surface area contributed by atoms with Gasteiger partial charge in [0.05, 0.1) is 23.6 Å². The Morgan fingerprint density at radius 3 is 2.09 bits per heavy atom. The van der Waals surface area contributed by atoms with E-state index >= 15 is 0 Å². The molecule has 1 aromatic carbocycles. The molecule has 8 nitrogen and oxygen atoms in total. The summed E-state index contributed by atoms with van der Waals surface area (Å²) in [7, 11) is 0. The molecule has 11 heteroatoms. The molecule has 3 atom stereocenters. The van der Waals surface area contributed by atoms with Gasteiger partial charge in [0.2, 0.25) is 11.8 Å². The van der Waals surface area contributed by atoms with Gasteiger partial charge >= 0.3 is 12.1 Å². The molecule has 2 amide bonds. The van der Waals surface area contributed by atoms with Gasteiger partial charge in [-0.1, -0.05) is 84.8 Å². The van der Waals surface area contributed by atoms with E-state index in [0.29, 0.717) is 6.42 Å². The molecule has 0 radical (unpaired) electrons. The van der Waals surface area contributed by atoms with Crippen molar-refractivity contribution >= 4 is 29.4 Å². The van der Waals surface area contributed by atoms with Crippen LogP contribution >= 0.6 is 0 Å². The Labute approximate surface area is 259 Å². The highest BCUT2D eigenvalue weighted by Gasteiger charge is 2.37. The monoisotopic (exact) mass is 626 g/mol. The molecule has 0 saturated heterocycles. The summed E-state index contributed by atoms with van der Waals surface area (Å²) in [6, 6.07) is 2.02. The molecule has 0 heterocycles. The molecule has 3 N–H and O–H groups in total. The highest BCUT2D eigenvalue weighted by molar-refractivity contribution is 5.97. The van der Waals surface area contributed by atoms with Gasteiger partial charge in [-0.05, 0) is 37.3 Å². The highest BCUT2D eigenvalue weighted by Crippen LogP contribution is 2.33. The van der Waals surface area contributed by atoms with E-state index in [4.69, 9.17) is 10.5 Å². The number of rotatable bonds is 21. The van der Waals surface area contributed by atoms with Crippen LogP contribution in [0.3, 0.4) is 0 Å². The number of nitrogens with two attached hydrogens (primary N) is 1. The first kappa shape index (κ1) is 38.8. The Kier molecular flexibility index (Phi) is 16.9. The summed E-state index contributed by atoms with van der Waals surface area (Å²) >= 11 is 0. The summed E-state index contributed by atoms with van der Waals surface area (Å²) in [4.78, 5) is 63.6. The van der Waals surface area contributed by atoms with Crippen molar-refractivity contribution in [1.29, 1.82) is 0 Å². The maximum absolute atomic E-state index is 13.5. The largest absolute Gasteiger partial charge is 0.454 e. The molecule has 44 heavy (non-hydrogen) atoms. The molecule has 0 spiro atoms. The van der Waals surface area contributed by atoms with Crippen molar-refractivity contribution in [3.8, 4) is 0 Å². The van der Waals surface area contributed by atoms with E-state index in [1.165, 1.54) is 38.3 Å². The smallest absolute Gasteiger partial charge is 0.417 e. The van der Waals surface area contributed by atoms with E-state index in [1.54, 1.807) is 6.92 Å². The second kappa shape index (κ2) is 19.2. The molecule has 248 valence electrons. The molecule has 1 aromatic rings. The zero-order valence-electron chi connectivity index (χ0n) is 26.7. The van der Waals surface area contributed by atoms with Gasteiger partial charge in [0, 0.05) is 18.3 Å². The van der Waals surface area contributed by atoms with Gasteiger partial charge in [0.1, 0.15) is 0 Å². The summed E-state index contributed by atoms with van der Waals surface area (Å²) in [6.07, 6.45) is 2.88. The Morgan fingerprint density at radius 2 is 1.52 bits per heavy atom. The lowest BCUT2D eigenvalue weighted by Gasteiger charge is -2.23. The van der Waals surface area contributed by atoms with Gasteiger partial charge in [-0.2, -0.15) is 13.2 Å². The fraction of sp³-hybridized carbons (Fsp3) is 0.667. The number of Topliss-reactive ketones (excluding diaryl/α,β-unsaturated/α-hetero) is 2. The Balaban J connectivity index is 2.89. The number of aryl methyl sites for hydroxylation is 1. The van der Waals surface area contributed by atoms with E-state index < -0.39 is 77.6 Å². The minimum Gasteiger partial charge on any atom is -0.454 e. The lowest BCUT2D eigenvalue weighted by molar-refractivity contribution is -0.138. The zero-order valence-corrected chi connectivity index (χ0v) is 26.7. The zero-order chi connectivity index (χ0) is 33.4. The summed E-state index contributed by atoms with van der Waals surface area (Å²) in [6.45, 7) is 8.02. The van der Waals surface area contributed by atoms with Gasteiger partial charge in [-0.3, -0.25) is 19.2 Å². The van der Waals surface area contributed by atoms with E-state index in [1.807, 2.05) is 13.8 Å². The quantitative estimate of drug-likeness (QED) is 0.118. The molecule has 1 rings (SSSR count). The average Bonchev–Trinajstić information content (AvgIpc) is 2.93. The number of halogens is 3. The Hall–Kier alpha value is -3.24. The summed E-state index contributed by atoms with van der Waals surface area (Å²) < 4.78 is 45.4. The number of ketones is 2. The molecule has 0 aliphatic rings. The minimum atomic E-state index is -4.80. The molecule has 2 unspecified atom stereocenters. The number of carbonyl (C=O) groups is 5. The lowest BCUT2D eigenvalue weighted by Crippen LogP contribution is -2.46. The SMILES string of the molecule is CCCCCCCCCC(C)C(=O)NC(CC(N)=O)C(=O)C[C@@H](CC(C)C)C(=O)COC(=O)c1c(C)cccc1C(F)(F)F. The van der Waals surface area contributed by atoms with Crippen LogP contribution in [0.4, 0.5) is 13.2 Å². The van der Waals surface area contributed by atoms with Gasteiger partial charge in [-0.25, -0.2) is 4.79 Å². The van der Waals surface area contributed by atoms with Gasteiger partial charge in [0.25, 0.3) is 0 Å². The van der Waals surface area contributed by atoms with Crippen molar-refractivity contribution in [3.05, 3.63) is 34.9 Å². The van der Waals surface area contributed by atoms with Gasteiger partial charge < -0.3 is 15.8 Å². The number of primary amides is 1. The summed E-state index contributed by atoms with van der Waals surface area (Å²) in [5.41, 5.74) is 3.53. The molecular formula is C33H49F3N2O6. The van der Waals surface area contributed by atoms with Crippen LogP contribution in [0.2, 0.25) is 0 Å². The third-order valence-electron chi connectivity index (χ3n) is 7.59. The van der Waals surface area contributed by atoms with Crippen LogP contribution in [0.5, 0.6) is 0 Å².